The summed E-state index contributed by atoms with van der Waals surface area (Å²) in [4.78, 5) is 14.4. The molecule has 0 spiro atoms. The van der Waals surface area contributed by atoms with Gasteiger partial charge in [-0.2, -0.15) is 0 Å². The van der Waals surface area contributed by atoms with Crippen LogP contribution in [0.3, 0.4) is 0 Å². The molecule has 5 nitrogen and oxygen atoms in total. The Morgan fingerprint density at radius 2 is 1.87 bits per heavy atom. The van der Waals surface area contributed by atoms with Crippen LogP contribution in [0.4, 0.5) is 0 Å². The van der Waals surface area contributed by atoms with Gasteiger partial charge in [-0.1, -0.05) is 37.1 Å². The van der Waals surface area contributed by atoms with Gasteiger partial charge in [0.2, 0.25) is 0 Å². The number of aromatic nitrogens is 4. The van der Waals surface area contributed by atoms with E-state index in [1.54, 1.807) is 23.1 Å². The molecule has 0 aromatic carbocycles. The van der Waals surface area contributed by atoms with Gasteiger partial charge in [-0.25, -0.2) is 0 Å². The molecule has 2 aliphatic rings. The Balaban J connectivity index is 1.35. The van der Waals surface area contributed by atoms with Crippen molar-refractivity contribution >= 4 is 28.9 Å². The number of hydrogen-bond acceptors (Lipinski definition) is 5. The maximum atomic E-state index is 13.1. The Morgan fingerprint density at radius 3 is 2.58 bits per heavy atom. The van der Waals surface area contributed by atoms with E-state index in [1.165, 1.54) is 55.5 Å². The van der Waals surface area contributed by atoms with Crippen LogP contribution in [0, 0.1) is 13.8 Å². The summed E-state index contributed by atoms with van der Waals surface area (Å²) in [5, 5.41) is 12.1. The number of hydrogen-bond donors (Lipinski definition) is 0. The summed E-state index contributed by atoms with van der Waals surface area (Å²) in [6.45, 7) is 4.21. The largest absolute Gasteiger partial charge is 0.345 e. The van der Waals surface area contributed by atoms with Gasteiger partial charge in [0.25, 0.3) is 0 Å². The van der Waals surface area contributed by atoms with E-state index in [9.17, 15) is 4.79 Å². The van der Waals surface area contributed by atoms with E-state index in [1.807, 2.05) is 0 Å². The fraction of sp³-hybridized carbons (Fsp3) is 0.542. The lowest BCUT2D eigenvalue weighted by Gasteiger charge is -2.25. The monoisotopic (exact) mass is 454 g/mol. The van der Waals surface area contributed by atoms with Crippen molar-refractivity contribution in [1.29, 1.82) is 0 Å². The van der Waals surface area contributed by atoms with Gasteiger partial charge < -0.3 is 9.13 Å². The molecule has 7 heteroatoms. The molecule has 2 saturated carbocycles. The number of rotatable bonds is 8. The van der Waals surface area contributed by atoms with Crippen molar-refractivity contribution in [1.82, 2.24) is 19.3 Å². The van der Waals surface area contributed by atoms with Crippen LogP contribution < -0.4 is 0 Å². The zero-order valence-corrected chi connectivity index (χ0v) is 20.0. The summed E-state index contributed by atoms with van der Waals surface area (Å²) in [6.07, 6.45) is 9.48. The van der Waals surface area contributed by atoms with E-state index in [2.05, 4.69) is 56.8 Å². The standard InChI is InChI=1S/C24H30N4OS2/c1-16-13-21(17(2)27(16)19-10-11-19)22(29)15-31-24-26-25-23(14-20-9-6-12-30-20)28(24)18-7-4-3-5-8-18/h6,9,12-13,18-19H,3-5,7-8,10-11,14-15H2,1-2H3. The highest BCUT2D eigenvalue weighted by Crippen LogP contribution is 2.39. The molecule has 0 aliphatic heterocycles. The zero-order chi connectivity index (χ0) is 21.4. The molecule has 0 radical (unpaired) electrons. The molecule has 0 unspecified atom stereocenters. The van der Waals surface area contributed by atoms with Gasteiger partial charge in [0.05, 0.1) is 5.75 Å². The molecule has 0 N–H and O–H groups in total. The van der Waals surface area contributed by atoms with Crippen molar-refractivity contribution in [3.8, 4) is 0 Å². The topological polar surface area (TPSA) is 52.7 Å². The maximum Gasteiger partial charge on any atom is 0.191 e. The quantitative estimate of drug-likeness (QED) is 0.302. The summed E-state index contributed by atoms with van der Waals surface area (Å²) in [7, 11) is 0. The summed E-state index contributed by atoms with van der Waals surface area (Å²) in [5.74, 6) is 1.65. The van der Waals surface area contributed by atoms with Crippen LogP contribution >= 0.6 is 23.1 Å². The summed E-state index contributed by atoms with van der Waals surface area (Å²) >= 11 is 3.33. The molecule has 0 amide bonds. The minimum absolute atomic E-state index is 0.197. The van der Waals surface area contributed by atoms with E-state index in [0.29, 0.717) is 17.8 Å². The molecule has 5 rings (SSSR count). The third-order valence-corrected chi connectivity index (χ3v) is 8.44. The fourth-order valence-electron chi connectivity index (χ4n) is 4.96. The second-order valence-electron chi connectivity index (χ2n) is 8.91. The lowest BCUT2D eigenvalue weighted by atomic mass is 9.95. The van der Waals surface area contributed by atoms with Crippen LogP contribution in [0.25, 0.3) is 0 Å². The minimum Gasteiger partial charge on any atom is -0.345 e. The van der Waals surface area contributed by atoms with Gasteiger partial charge in [0.1, 0.15) is 5.82 Å². The predicted molar refractivity (Wildman–Crippen MR) is 127 cm³/mol. The molecule has 2 fully saturated rings. The number of aryl methyl sites for hydroxylation is 1. The first kappa shape index (κ1) is 21.0. The lowest BCUT2D eigenvalue weighted by Crippen LogP contribution is -2.17. The molecule has 2 aliphatic carbocycles. The van der Waals surface area contributed by atoms with E-state index in [0.717, 1.165) is 28.7 Å². The third-order valence-electron chi connectivity index (χ3n) is 6.62. The van der Waals surface area contributed by atoms with E-state index < -0.39 is 0 Å². The first-order valence-corrected chi connectivity index (χ1v) is 13.3. The van der Waals surface area contributed by atoms with Crippen LogP contribution in [-0.2, 0) is 6.42 Å². The van der Waals surface area contributed by atoms with Crippen molar-refractivity contribution in [3.05, 3.63) is 51.2 Å². The average Bonchev–Trinajstić information content (AvgIpc) is 3.19. The van der Waals surface area contributed by atoms with Gasteiger partial charge in [0.15, 0.2) is 10.9 Å². The smallest absolute Gasteiger partial charge is 0.191 e. The van der Waals surface area contributed by atoms with Crippen LogP contribution in [-0.4, -0.2) is 30.9 Å². The summed E-state index contributed by atoms with van der Waals surface area (Å²) in [5.41, 5.74) is 3.20. The van der Waals surface area contributed by atoms with Gasteiger partial charge in [-0.05, 0) is 57.0 Å². The highest BCUT2D eigenvalue weighted by molar-refractivity contribution is 7.99. The van der Waals surface area contributed by atoms with Gasteiger partial charge in [-0.3, -0.25) is 4.79 Å². The Morgan fingerprint density at radius 1 is 1.10 bits per heavy atom. The van der Waals surface area contributed by atoms with Crippen molar-refractivity contribution < 1.29 is 4.79 Å². The first-order chi connectivity index (χ1) is 15.1. The molecule has 3 aromatic rings. The molecule has 0 bridgehead atoms. The van der Waals surface area contributed by atoms with E-state index >= 15 is 0 Å². The second kappa shape index (κ2) is 8.94. The Bertz CT molecular complexity index is 1060. The second-order valence-corrected chi connectivity index (χ2v) is 10.9. The number of ketones is 1. The Labute approximate surface area is 192 Å². The number of carbonyl (C=O) groups is 1. The zero-order valence-electron chi connectivity index (χ0n) is 18.3. The number of thioether (sulfide) groups is 1. The van der Waals surface area contributed by atoms with Crippen molar-refractivity contribution in [3.63, 3.8) is 0 Å². The maximum absolute atomic E-state index is 13.1. The highest BCUT2D eigenvalue weighted by atomic mass is 32.2. The van der Waals surface area contributed by atoms with Crippen LogP contribution in [0.2, 0.25) is 0 Å². The lowest BCUT2D eigenvalue weighted by molar-refractivity contribution is 0.102. The number of carbonyl (C=O) groups excluding carboxylic acids is 1. The Hall–Kier alpha value is -1.86. The molecular formula is C24H30N4OS2. The molecular weight excluding hydrogens is 424 g/mol. The third kappa shape index (κ3) is 4.40. The van der Waals surface area contributed by atoms with Crippen LogP contribution in [0.15, 0.2) is 28.7 Å². The Kier molecular flexibility index (Phi) is 6.06. The van der Waals surface area contributed by atoms with Gasteiger partial charge >= 0.3 is 0 Å². The van der Waals surface area contributed by atoms with Gasteiger partial charge in [-0.15, -0.1) is 21.5 Å². The fourth-order valence-corrected chi connectivity index (χ4v) is 6.57. The van der Waals surface area contributed by atoms with Crippen molar-refractivity contribution in [2.75, 3.05) is 5.75 Å². The molecule has 0 atom stereocenters. The molecule has 0 saturated heterocycles. The molecule has 3 aromatic heterocycles. The average molecular weight is 455 g/mol. The number of Topliss-reactive ketones (excluding diaryl/α,β-unsaturated/α-hetero) is 1. The number of thiophene rings is 1. The highest BCUT2D eigenvalue weighted by Gasteiger charge is 2.29. The normalized spacial score (nSPS) is 17.4. The van der Waals surface area contributed by atoms with Crippen LogP contribution in [0.5, 0.6) is 0 Å². The SMILES string of the molecule is Cc1cc(C(=O)CSc2nnc(Cc3cccs3)n2C2CCCCC2)c(C)n1C1CC1. The number of nitrogens with zero attached hydrogens (tertiary/aromatic N) is 4. The minimum atomic E-state index is 0.197. The van der Waals surface area contributed by atoms with Crippen molar-refractivity contribution in [2.45, 2.75) is 82.5 Å². The van der Waals surface area contributed by atoms with E-state index in [4.69, 9.17) is 0 Å². The van der Waals surface area contributed by atoms with Crippen LogP contribution in [0.1, 0.15) is 89.5 Å². The molecule has 3 heterocycles. The predicted octanol–water partition coefficient (Wildman–Crippen LogP) is 6.16. The summed E-state index contributed by atoms with van der Waals surface area (Å²) in [6, 6.07) is 7.38. The molecule has 31 heavy (non-hydrogen) atoms. The van der Waals surface area contributed by atoms with Gasteiger partial charge in [0, 0.05) is 40.3 Å². The van der Waals surface area contributed by atoms with E-state index in [-0.39, 0.29) is 5.78 Å². The summed E-state index contributed by atoms with van der Waals surface area (Å²) < 4.78 is 4.70. The van der Waals surface area contributed by atoms with Crippen molar-refractivity contribution in [2.24, 2.45) is 0 Å². The first-order valence-electron chi connectivity index (χ1n) is 11.4. The molecule has 164 valence electrons.